The van der Waals surface area contributed by atoms with E-state index in [1.807, 2.05) is 55.8 Å². The molecule has 0 aliphatic carbocycles. The maximum Gasteiger partial charge on any atom is 0.318 e. The van der Waals surface area contributed by atoms with E-state index in [9.17, 15) is 17.6 Å². The first-order valence-corrected chi connectivity index (χ1v) is 21.1. The largest absolute Gasteiger partial charge is 0.490 e. The van der Waals surface area contributed by atoms with Gasteiger partial charge in [-0.3, -0.25) is 9.36 Å². The van der Waals surface area contributed by atoms with Crippen LogP contribution in [0.4, 0.5) is 13.6 Å². The first-order valence-electron chi connectivity index (χ1n) is 18.2. The van der Waals surface area contributed by atoms with E-state index >= 15 is 4.39 Å². The van der Waals surface area contributed by atoms with E-state index in [4.69, 9.17) is 24.3 Å². The number of nitrogens with zero attached hydrogens (tertiary/aromatic N) is 6. The van der Waals surface area contributed by atoms with Crippen molar-refractivity contribution in [3.63, 3.8) is 0 Å². The zero-order chi connectivity index (χ0) is 40.0. The van der Waals surface area contributed by atoms with Gasteiger partial charge >= 0.3 is 6.03 Å². The highest BCUT2D eigenvalue weighted by Crippen LogP contribution is 2.49. The second kappa shape index (κ2) is 15.4. The summed E-state index contributed by atoms with van der Waals surface area (Å²) >= 11 is 1.38. The monoisotopic (exact) mass is 815 g/mol. The van der Waals surface area contributed by atoms with Gasteiger partial charge in [0.15, 0.2) is 9.84 Å². The van der Waals surface area contributed by atoms with Crippen molar-refractivity contribution in [1.82, 2.24) is 34.8 Å². The van der Waals surface area contributed by atoms with E-state index < -0.39 is 33.6 Å². The average molecular weight is 816 g/mol. The highest BCUT2D eigenvalue weighted by atomic mass is 32.2. The Kier molecular flexibility index (Phi) is 10.3. The highest BCUT2D eigenvalue weighted by Gasteiger charge is 2.33. The summed E-state index contributed by atoms with van der Waals surface area (Å²) in [4.78, 5) is 20.4. The standard InChI is InChI=1S/C40H39F2N7O6S2/c1-23(8-16-57(4,51)52)44-40(50)48-9-10-49-31(24(48)2)20-30(46-49)38-36-35-29(42)18-26(41)19-34(35)55-14-13-53-11-5-6-12-54-33-21-32-25(22-43-47(32)3)17-28(33)37(45-38)27-7-15-56-39(27)36/h5-8,15-24H,9-14H2,1-4H3,(H,44,50)/b6-5+,16-8-/t23-,24+/m1/s1. The predicted octanol–water partition coefficient (Wildman–Crippen LogP) is 7.04. The second-order valence-electron chi connectivity index (χ2n) is 13.9. The number of benzene rings is 2. The summed E-state index contributed by atoms with van der Waals surface area (Å²) in [5.41, 5.74) is 3.90. The zero-order valence-electron chi connectivity index (χ0n) is 31.5. The summed E-state index contributed by atoms with van der Waals surface area (Å²) in [6, 6.07) is 8.24. The fourth-order valence-electron chi connectivity index (χ4n) is 7.16. The van der Waals surface area contributed by atoms with Crippen molar-refractivity contribution in [3.05, 3.63) is 88.9 Å². The van der Waals surface area contributed by atoms with Crippen LogP contribution in [-0.2, 0) is 28.2 Å². The Morgan fingerprint density at radius 1 is 1.04 bits per heavy atom. The lowest BCUT2D eigenvalue weighted by Gasteiger charge is -2.34. The summed E-state index contributed by atoms with van der Waals surface area (Å²) in [7, 11) is -1.51. The number of hydrogen-bond donors (Lipinski definition) is 1. The van der Waals surface area contributed by atoms with Crippen molar-refractivity contribution in [2.45, 2.75) is 32.5 Å². The SMILES string of the molecule is C[C@H](/C=C\S(C)(=O)=O)NC(=O)N1CCn2nc(-c3nc4c5ccsc5c3-c3c(F)cc(F)cc3OCCOC/C=C/COc3cc5c(cnn5C)cc3-4)cc2[C@@H]1C. The number of carbonyl (C=O) groups excluding carboxylic acids is 1. The Hall–Kier alpha value is -5.65. The number of thiophene rings is 1. The maximum absolute atomic E-state index is 16.4. The third-order valence-corrected chi connectivity index (χ3v) is 11.5. The average Bonchev–Trinajstić information content (AvgIpc) is 3.91. The molecule has 0 radical (unpaired) electrons. The van der Waals surface area contributed by atoms with Crippen LogP contribution in [0.3, 0.4) is 0 Å². The number of urea groups is 1. The van der Waals surface area contributed by atoms with E-state index in [1.54, 1.807) is 27.4 Å². The Morgan fingerprint density at radius 3 is 2.68 bits per heavy atom. The van der Waals surface area contributed by atoms with Gasteiger partial charge in [0.2, 0.25) is 0 Å². The molecule has 1 N–H and O–H groups in total. The molecule has 0 unspecified atom stereocenters. The van der Waals surface area contributed by atoms with Gasteiger partial charge in [-0.1, -0.05) is 12.2 Å². The molecule has 0 fully saturated rings. The van der Waals surface area contributed by atoms with Gasteiger partial charge < -0.3 is 24.4 Å². The van der Waals surface area contributed by atoms with Gasteiger partial charge in [-0.25, -0.2) is 27.0 Å². The molecule has 13 nitrogen and oxygen atoms in total. The normalized spacial score (nSPS) is 17.4. The zero-order valence-corrected chi connectivity index (χ0v) is 33.2. The van der Waals surface area contributed by atoms with Gasteiger partial charge in [0.25, 0.3) is 0 Å². The fourth-order valence-corrected chi connectivity index (χ4v) is 8.63. The molecule has 2 bridgehead atoms. The number of carbonyl (C=O) groups is 1. The number of sulfone groups is 1. The molecule has 0 spiro atoms. The molecule has 2 amide bonds. The molecule has 8 rings (SSSR count). The topological polar surface area (TPSA) is 143 Å². The first kappa shape index (κ1) is 38.2. The number of nitrogens with one attached hydrogen (secondary N) is 1. The third kappa shape index (κ3) is 7.61. The Labute approximate surface area is 331 Å². The van der Waals surface area contributed by atoms with Crippen LogP contribution in [0.25, 0.3) is 54.8 Å². The van der Waals surface area contributed by atoms with Gasteiger partial charge in [-0.2, -0.15) is 10.2 Å². The lowest BCUT2D eigenvalue weighted by atomic mass is 9.95. The minimum absolute atomic E-state index is 0.0125. The van der Waals surface area contributed by atoms with E-state index in [-0.39, 0.29) is 43.8 Å². The van der Waals surface area contributed by atoms with E-state index in [0.29, 0.717) is 62.8 Å². The summed E-state index contributed by atoms with van der Waals surface area (Å²) < 4.78 is 77.0. The van der Waals surface area contributed by atoms with Crippen molar-refractivity contribution in [3.8, 4) is 45.3 Å². The van der Waals surface area contributed by atoms with Gasteiger partial charge in [-0.15, -0.1) is 11.3 Å². The van der Waals surface area contributed by atoms with Crippen LogP contribution in [0.1, 0.15) is 25.6 Å². The number of fused-ring (bicyclic) bond motifs is 6. The van der Waals surface area contributed by atoms with Crippen LogP contribution in [0, 0.1) is 11.6 Å². The highest BCUT2D eigenvalue weighted by molar-refractivity contribution is 7.93. The number of aryl methyl sites for hydroxylation is 1. The van der Waals surface area contributed by atoms with Crippen LogP contribution in [-0.4, -0.2) is 89.2 Å². The van der Waals surface area contributed by atoms with Crippen LogP contribution in [0.5, 0.6) is 11.5 Å². The minimum Gasteiger partial charge on any atom is -0.490 e. The van der Waals surface area contributed by atoms with Gasteiger partial charge in [0.05, 0.1) is 54.5 Å². The molecule has 57 heavy (non-hydrogen) atoms. The van der Waals surface area contributed by atoms with Crippen molar-refractivity contribution >= 4 is 48.2 Å². The lowest BCUT2D eigenvalue weighted by Crippen LogP contribution is -2.48. The Bertz CT molecular complexity index is 2710. The third-order valence-electron chi connectivity index (χ3n) is 9.91. The van der Waals surface area contributed by atoms with Crippen LogP contribution in [0.15, 0.2) is 71.6 Å². The number of halogens is 2. The fraction of sp³-hybridized carbons (Fsp3) is 0.300. The number of amides is 2. The first-order chi connectivity index (χ1) is 27.4. The number of pyridine rings is 1. The van der Waals surface area contributed by atoms with Gasteiger partial charge in [0.1, 0.15) is 47.7 Å². The van der Waals surface area contributed by atoms with Crippen LogP contribution >= 0.6 is 11.3 Å². The van der Waals surface area contributed by atoms with Crippen molar-refractivity contribution < 1.29 is 36.2 Å². The number of rotatable bonds is 4. The molecule has 296 valence electrons. The summed E-state index contributed by atoms with van der Waals surface area (Å²) in [6.45, 7) is 4.92. The molecule has 2 aliphatic rings. The van der Waals surface area contributed by atoms with Crippen LogP contribution in [0.2, 0.25) is 0 Å². The van der Waals surface area contributed by atoms with Crippen molar-refractivity contribution in [2.24, 2.45) is 7.05 Å². The molecule has 0 saturated carbocycles. The van der Waals surface area contributed by atoms with Crippen molar-refractivity contribution in [1.29, 1.82) is 0 Å². The Balaban J connectivity index is 1.32. The number of ether oxygens (including phenoxy) is 3. The molecule has 6 aromatic rings. The molecule has 17 heteroatoms. The van der Waals surface area contributed by atoms with E-state index in [1.165, 1.54) is 17.4 Å². The van der Waals surface area contributed by atoms with Crippen LogP contribution < -0.4 is 14.8 Å². The summed E-state index contributed by atoms with van der Waals surface area (Å²) in [5.74, 6) is -1.10. The van der Waals surface area contributed by atoms with E-state index in [0.717, 1.165) is 34.7 Å². The predicted molar refractivity (Wildman–Crippen MR) is 214 cm³/mol. The molecule has 0 saturated heterocycles. The second-order valence-corrected chi connectivity index (χ2v) is 16.8. The molecular weight excluding hydrogens is 777 g/mol. The number of hydrogen-bond acceptors (Lipinski definition) is 10. The summed E-state index contributed by atoms with van der Waals surface area (Å²) in [5, 5.41) is 16.8. The molecule has 2 atom stereocenters. The Morgan fingerprint density at radius 2 is 1.86 bits per heavy atom. The smallest absolute Gasteiger partial charge is 0.318 e. The molecule has 6 heterocycles. The maximum atomic E-state index is 16.4. The minimum atomic E-state index is -3.37. The molecule has 2 aliphatic heterocycles. The number of aromatic nitrogens is 5. The van der Waals surface area contributed by atoms with Crippen molar-refractivity contribution in [2.75, 3.05) is 39.2 Å². The molecule has 4 aromatic heterocycles. The van der Waals surface area contributed by atoms with Gasteiger partial charge in [0, 0.05) is 76.1 Å². The quantitative estimate of drug-likeness (QED) is 0.186. The molecule has 2 aromatic carbocycles. The lowest BCUT2D eigenvalue weighted by molar-refractivity contribution is 0.120. The molecular formula is C40H39F2N7O6S2. The van der Waals surface area contributed by atoms with E-state index in [2.05, 4.69) is 10.4 Å². The summed E-state index contributed by atoms with van der Waals surface area (Å²) in [6.07, 6.45) is 7.95. The van der Waals surface area contributed by atoms with Gasteiger partial charge in [-0.05, 0) is 43.5 Å².